The van der Waals surface area contributed by atoms with E-state index in [-0.39, 0.29) is 30.7 Å². The summed E-state index contributed by atoms with van der Waals surface area (Å²) in [5, 5.41) is 4.08. The van der Waals surface area contributed by atoms with Gasteiger partial charge in [-0.1, -0.05) is 18.0 Å². The van der Waals surface area contributed by atoms with E-state index in [9.17, 15) is 4.79 Å². The summed E-state index contributed by atoms with van der Waals surface area (Å²) in [6.07, 6.45) is 3.72. The first kappa shape index (κ1) is 24.4. The fourth-order valence-electron chi connectivity index (χ4n) is 4.01. The highest BCUT2D eigenvalue weighted by Gasteiger charge is 2.40. The second-order valence-electron chi connectivity index (χ2n) is 7.67. The van der Waals surface area contributed by atoms with Gasteiger partial charge in [0.2, 0.25) is 17.6 Å². The van der Waals surface area contributed by atoms with Crippen molar-refractivity contribution in [1.29, 1.82) is 0 Å². The van der Waals surface area contributed by atoms with Gasteiger partial charge in [-0.25, -0.2) is 0 Å². The minimum atomic E-state index is -0.637. The third kappa shape index (κ3) is 5.24. The Bertz CT molecular complexity index is 816. The molecule has 1 aromatic heterocycles. The molecule has 1 aliphatic heterocycles. The normalized spacial score (nSPS) is 18.4. The number of aromatic nitrogens is 2. The molecule has 30 heavy (non-hydrogen) atoms. The molecule has 2 aliphatic rings. The Morgan fingerprint density at radius 2 is 1.77 bits per heavy atom. The van der Waals surface area contributed by atoms with Crippen LogP contribution in [-0.2, 0) is 11.3 Å². The molecular formula is C20H29Cl2N5O3. The molecule has 4 rings (SSSR count). The number of nitrogens with two attached hydrogens (primary N) is 1. The summed E-state index contributed by atoms with van der Waals surface area (Å²) < 4.78 is 10.6. The summed E-state index contributed by atoms with van der Waals surface area (Å²) in [5.41, 5.74) is 6.57. The Morgan fingerprint density at radius 3 is 2.37 bits per heavy atom. The highest BCUT2D eigenvalue weighted by atomic mass is 35.5. The number of methoxy groups -OCH3 is 1. The van der Waals surface area contributed by atoms with E-state index in [0.717, 1.165) is 50.1 Å². The maximum Gasteiger partial charge on any atom is 0.242 e. The van der Waals surface area contributed by atoms with E-state index >= 15 is 0 Å². The van der Waals surface area contributed by atoms with Gasteiger partial charge in [0.25, 0.3) is 0 Å². The van der Waals surface area contributed by atoms with Crippen molar-refractivity contribution < 1.29 is 14.1 Å². The quantitative estimate of drug-likeness (QED) is 0.735. The number of hydrogen-bond donors (Lipinski definition) is 1. The monoisotopic (exact) mass is 457 g/mol. The molecule has 2 fully saturated rings. The SMILES string of the molecule is COc1ccc(-c2noc(CN3CCN(C(=O)C4(N)CCCC4)CC3)n2)cc1.Cl.Cl. The number of amides is 1. The Labute approximate surface area is 188 Å². The second-order valence-corrected chi connectivity index (χ2v) is 7.67. The molecule has 0 bridgehead atoms. The van der Waals surface area contributed by atoms with Crippen molar-refractivity contribution in [3.63, 3.8) is 0 Å². The fraction of sp³-hybridized carbons (Fsp3) is 0.550. The summed E-state index contributed by atoms with van der Waals surface area (Å²) in [4.78, 5) is 21.4. The van der Waals surface area contributed by atoms with Crippen molar-refractivity contribution in [2.45, 2.75) is 37.8 Å². The van der Waals surface area contributed by atoms with Crippen LogP contribution in [-0.4, -0.2) is 64.7 Å². The van der Waals surface area contributed by atoms with Gasteiger partial charge in [0, 0.05) is 31.7 Å². The predicted molar refractivity (Wildman–Crippen MR) is 118 cm³/mol. The molecule has 1 amide bonds. The lowest BCUT2D eigenvalue weighted by Gasteiger charge is -2.38. The zero-order valence-electron chi connectivity index (χ0n) is 17.1. The van der Waals surface area contributed by atoms with E-state index in [0.29, 0.717) is 31.3 Å². The number of nitrogens with zero attached hydrogens (tertiary/aromatic N) is 4. The summed E-state index contributed by atoms with van der Waals surface area (Å²) in [6.45, 7) is 3.53. The molecule has 0 unspecified atom stereocenters. The van der Waals surface area contributed by atoms with Crippen LogP contribution in [0.15, 0.2) is 28.8 Å². The molecule has 8 nitrogen and oxygen atoms in total. The highest BCUT2D eigenvalue weighted by Crippen LogP contribution is 2.29. The number of ether oxygens (including phenoxy) is 1. The minimum absolute atomic E-state index is 0. The number of piperazine rings is 1. The molecule has 166 valence electrons. The number of halogens is 2. The lowest BCUT2D eigenvalue weighted by molar-refractivity contribution is -0.138. The van der Waals surface area contributed by atoms with Crippen LogP contribution in [0.1, 0.15) is 31.6 Å². The van der Waals surface area contributed by atoms with Gasteiger partial charge < -0.3 is 19.9 Å². The third-order valence-electron chi connectivity index (χ3n) is 5.76. The minimum Gasteiger partial charge on any atom is -0.497 e. The average Bonchev–Trinajstić information content (AvgIpc) is 3.38. The Morgan fingerprint density at radius 1 is 1.13 bits per heavy atom. The maximum atomic E-state index is 12.7. The van der Waals surface area contributed by atoms with Crippen molar-refractivity contribution in [2.75, 3.05) is 33.3 Å². The van der Waals surface area contributed by atoms with Crippen LogP contribution in [0.5, 0.6) is 5.75 Å². The van der Waals surface area contributed by atoms with Crippen LogP contribution >= 0.6 is 24.8 Å². The van der Waals surface area contributed by atoms with Gasteiger partial charge in [-0.2, -0.15) is 4.98 Å². The molecule has 2 N–H and O–H groups in total. The lowest BCUT2D eigenvalue weighted by Crippen LogP contribution is -2.58. The van der Waals surface area contributed by atoms with Gasteiger partial charge in [-0.3, -0.25) is 9.69 Å². The molecule has 0 radical (unpaired) electrons. The van der Waals surface area contributed by atoms with Crippen molar-refractivity contribution in [1.82, 2.24) is 19.9 Å². The summed E-state index contributed by atoms with van der Waals surface area (Å²) in [7, 11) is 1.63. The molecule has 10 heteroatoms. The van der Waals surface area contributed by atoms with Crippen molar-refractivity contribution >= 4 is 30.7 Å². The van der Waals surface area contributed by atoms with Crippen molar-refractivity contribution in [3.05, 3.63) is 30.2 Å². The van der Waals surface area contributed by atoms with E-state index < -0.39 is 5.54 Å². The van der Waals surface area contributed by atoms with E-state index in [4.69, 9.17) is 15.0 Å². The van der Waals surface area contributed by atoms with Gasteiger partial charge in [0.1, 0.15) is 5.75 Å². The zero-order chi connectivity index (χ0) is 19.6. The number of carbonyl (C=O) groups is 1. The maximum absolute atomic E-state index is 12.7. The lowest BCUT2D eigenvalue weighted by atomic mass is 9.97. The van der Waals surface area contributed by atoms with Gasteiger partial charge in [-0.15, -0.1) is 24.8 Å². The molecule has 1 aromatic carbocycles. The van der Waals surface area contributed by atoms with E-state index in [1.165, 1.54) is 0 Å². The first-order valence-electron chi connectivity index (χ1n) is 9.85. The standard InChI is InChI=1S/C20H27N5O3.2ClH/c1-27-16-6-4-15(5-7-16)18-22-17(28-23-18)14-24-10-12-25(13-11-24)19(26)20(21)8-2-3-9-20;;/h4-7H,2-3,8-14,21H2,1H3;2*1H. The van der Waals surface area contributed by atoms with Crippen LogP contribution in [0.25, 0.3) is 11.4 Å². The van der Waals surface area contributed by atoms with Crippen molar-refractivity contribution in [3.8, 4) is 17.1 Å². The molecule has 1 saturated heterocycles. The highest BCUT2D eigenvalue weighted by molar-refractivity contribution is 5.86. The van der Waals surface area contributed by atoms with Crippen LogP contribution in [0.4, 0.5) is 0 Å². The van der Waals surface area contributed by atoms with Gasteiger partial charge in [-0.05, 0) is 37.1 Å². The summed E-state index contributed by atoms with van der Waals surface area (Å²) >= 11 is 0. The van der Waals surface area contributed by atoms with Gasteiger partial charge in [0.05, 0.1) is 19.2 Å². The smallest absolute Gasteiger partial charge is 0.242 e. The van der Waals surface area contributed by atoms with Crippen LogP contribution in [0.3, 0.4) is 0 Å². The molecule has 1 aliphatic carbocycles. The van der Waals surface area contributed by atoms with Crippen LogP contribution in [0.2, 0.25) is 0 Å². The molecule has 1 saturated carbocycles. The first-order valence-corrected chi connectivity index (χ1v) is 9.85. The summed E-state index contributed by atoms with van der Waals surface area (Å²) in [6, 6.07) is 7.55. The zero-order valence-corrected chi connectivity index (χ0v) is 18.7. The largest absolute Gasteiger partial charge is 0.497 e. The van der Waals surface area contributed by atoms with Gasteiger partial charge in [0.15, 0.2) is 0 Å². The fourth-order valence-corrected chi connectivity index (χ4v) is 4.01. The number of hydrogen-bond acceptors (Lipinski definition) is 7. The van der Waals surface area contributed by atoms with Crippen LogP contribution < -0.4 is 10.5 Å². The third-order valence-corrected chi connectivity index (χ3v) is 5.76. The Kier molecular flexibility index (Phi) is 8.49. The van der Waals surface area contributed by atoms with E-state index in [1.807, 2.05) is 29.2 Å². The molecule has 0 atom stereocenters. The first-order chi connectivity index (χ1) is 13.6. The Balaban J connectivity index is 0.00000160. The predicted octanol–water partition coefficient (Wildman–Crippen LogP) is 2.50. The topological polar surface area (TPSA) is 97.7 Å². The summed E-state index contributed by atoms with van der Waals surface area (Å²) in [5.74, 6) is 2.05. The molecule has 0 spiro atoms. The van der Waals surface area contributed by atoms with Crippen molar-refractivity contribution in [2.24, 2.45) is 5.73 Å². The second kappa shape index (κ2) is 10.4. The number of rotatable bonds is 5. The average molecular weight is 458 g/mol. The molecule has 2 aromatic rings. The van der Waals surface area contributed by atoms with Crippen LogP contribution in [0, 0.1) is 0 Å². The molecular weight excluding hydrogens is 429 g/mol. The number of benzene rings is 1. The van der Waals surface area contributed by atoms with E-state index in [1.54, 1.807) is 7.11 Å². The molecule has 2 heterocycles. The van der Waals surface area contributed by atoms with E-state index in [2.05, 4.69) is 15.0 Å². The Hall–Kier alpha value is -1.87. The van der Waals surface area contributed by atoms with Gasteiger partial charge >= 0.3 is 0 Å². The number of carbonyl (C=O) groups excluding carboxylic acids is 1.